The lowest BCUT2D eigenvalue weighted by atomic mass is 9.90. The van der Waals surface area contributed by atoms with Crippen molar-refractivity contribution in [1.82, 2.24) is 0 Å². The van der Waals surface area contributed by atoms with Crippen LogP contribution in [0, 0.1) is 24.7 Å². The molecule has 2 saturated carbocycles. The first-order valence-corrected chi connectivity index (χ1v) is 7.51. The zero-order valence-corrected chi connectivity index (χ0v) is 11.5. The van der Waals surface area contributed by atoms with Crippen molar-refractivity contribution in [2.45, 2.75) is 32.2 Å². The largest absolute Gasteiger partial charge is 0.324 e. The molecule has 2 N–H and O–H groups in total. The lowest BCUT2D eigenvalue weighted by Gasteiger charge is -2.19. The van der Waals surface area contributed by atoms with Gasteiger partial charge in [-0.05, 0) is 59.4 Å². The fourth-order valence-electron chi connectivity index (χ4n) is 4.45. The third kappa shape index (κ3) is 1.64. The molecule has 0 aromatic heterocycles. The second kappa shape index (κ2) is 4.08. The zero-order chi connectivity index (χ0) is 13.0. The minimum Gasteiger partial charge on any atom is -0.324 e. The highest BCUT2D eigenvalue weighted by molar-refractivity contribution is 5.87. The van der Waals surface area contributed by atoms with Crippen molar-refractivity contribution in [3.8, 4) is 0 Å². The van der Waals surface area contributed by atoms with Crippen LogP contribution in [0.3, 0.4) is 0 Å². The van der Waals surface area contributed by atoms with E-state index in [0.717, 1.165) is 17.8 Å². The molecule has 2 aliphatic rings. The molecule has 2 aliphatic carbocycles. The van der Waals surface area contributed by atoms with Crippen molar-refractivity contribution >= 4 is 10.8 Å². The maximum atomic E-state index is 6.66. The van der Waals surface area contributed by atoms with Crippen LogP contribution in [0.5, 0.6) is 0 Å². The first-order chi connectivity index (χ1) is 9.27. The average molecular weight is 251 g/mol. The van der Waals surface area contributed by atoms with Crippen molar-refractivity contribution in [3.05, 3.63) is 47.5 Å². The van der Waals surface area contributed by atoms with Gasteiger partial charge in [0.25, 0.3) is 0 Å². The summed E-state index contributed by atoms with van der Waals surface area (Å²) in [5.41, 5.74) is 9.42. The van der Waals surface area contributed by atoms with Gasteiger partial charge in [-0.15, -0.1) is 0 Å². The van der Waals surface area contributed by atoms with Crippen LogP contribution in [0.15, 0.2) is 36.4 Å². The summed E-state index contributed by atoms with van der Waals surface area (Å²) < 4.78 is 0. The van der Waals surface area contributed by atoms with Crippen LogP contribution in [0.1, 0.15) is 36.4 Å². The highest BCUT2D eigenvalue weighted by Crippen LogP contribution is 2.62. The molecule has 2 aromatic rings. The van der Waals surface area contributed by atoms with E-state index in [1.54, 1.807) is 0 Å². The number of hydrogen-bond donors (Lipinski definition) is 1. The second-order valence-electron chi connectivity index (χ2n) is 6.38. The molecule has 0 bridgehead atoms. The summed E-state index contributed by atoms with van der Waals surface area (Å²) in [4.78, 5) is 0. The van der Waals surface area contributed by atoms with Gasteiger partial charge in [0.2, 0.25) is 0 Å². The summed E-state index contributed by atoms with van der Waals surface area (Å²) >= 11 is 0. The molecule has 4 rings (SSSR count). The van der Waals surface area contributed by atoms with Crippen LogP contribution < -0.4 is 5.73 Å². The molecule has 98 valence electrons. The minimum atomic E-state index is 0.237. The van der Waals surface area contributed by atoms with E-state index >= 15 is 0 Å². The number of aryl methyl sites for hydroxylation is 1. The van der Waals surface area contributed by atoms with Gasteiger partial charge in [-0.3, -0.25) is 0 Å². The molecule has 0 saturated heterocycles. The lowest BCUT2D eigenvalue weighted by Crippen LogP contribution is -2.17. The minimum absolute atomic E-state index is 0.237. The standard InChI is InChI=1S/C18H21N/c1-11-9-10-12-5-2-3-6-13(12)16(11)18(19)17-14-7-4-8-15(14)17/h2-3,5-6,9-10,14-15,17-18H,4,7-8,19H2,1H3. The Kier molecular flexibility index (Phi) is 2.46. The van der Waals surface area contributed by atoms with Crippen LogP contribution in [-0.4, -0.2) is 0 Å². The van der Waals surface area contributed by atoms with Crippen molar-refractivity contribution in [2.75, 3.05) is 0 Å². The Labute approximate surface area is 114 Å². The average Bonchev–Trinajstić information content (AvgIpc) is 2.91. The zero-order valence-electron chi connectivity index (χ0n) is 11.5. The van der Waals surface area contributed by atoms with E-state index in [2.05, 4.69) is 43.3 Å². The van der Waals surface area contributed by atoms with Crippen molar-refractivity contribution in [2.24, 2.45) is 23.5 Å². The molecule has 3 atom stereocenters. The maximum absolute atomic E-state index is 6.66. The topological polar surface area (TPSA) is 26.0 Å². The molecule has 1 heteroatoms. The molecule has 0 heterocycles. The number of fused-ring (bicyclic) bond motifs is 2. The van der Waals surface area contributed by atoms with Gasteiger partial charge in [-0.1, -0.05) is 42.8 Å². The molecule has 1 nitrogen and oxygen atoms in total. The van der Waals surface area contributed by atoms with Gasteiger partial charge in [-0.25, -0.2) is 0 Å². The van der Waals surface area contributed by atoms with Crippen LogP contribution >= 0.6 is 0 Å². The van der Waals surface area contributed by atoms with E-state index in [1.165, 1.54) is 41.2 Å². The predicted octanol–water partition coefficient (Wildman–Crippen LogP) is 4.19. The van der Waals surface area contributed by atoms with Gasteiger partial charge in [0.05, 0.1) is 0 Å². The summed E-state index contributed by atoms with van der Waals surface area (Å²) in [6.07, 6.45) is 4.24. The maximum Gasteiger partial charge on any atom is 0.0337 e. The molecule has 0 aliphatic heterocycles. The van der Waals surface area contributed by atoms with Crippen LogP contribution in [0.2, 0.25) is 0 Å². The summed E-state index contributed by atoms with van der Waals surface area (Å²) in [5.74, 6) is 2.60. The Bertz CT molecular complexity index is 621. The normalized spacial score (nSPS) is 30.3. The molecule has 2 aromatic carbocycles. The summed E-state index contributed by atoms with van der Waals surface area (Å²) in [6.45, 7) is 2.21. The van der Waals surface area contributed by atoms with E-state index in [0.29, 0.717) is 0 Å². The van der Waals surface area contributed by atoms with Crippen molar-refractivity contribution in [3.63, 3.8) is 0 Å². The van der Waals surface area contributed by atoms with Crippen LogP contribution in [0.4, 0.5) is 0 Å². The van der Waals surface area contributed by atoms with Crippen molar-refractivity contribution in [1.29, 1.82) is 0 Å². The Morgan fingerprint density at radius 2 is 1.79 bits per heavy atom. The number of nitrogens with two attached hydrogens (primary N) is 1. The third-order valence-electron chi connectivity index (χ3n) is 5.41. The molecule has 0 amide bonds. The molecular weight excluding hydrogens is 230 g/mol. The van der Waals surface area contributed by atoms with Gasteiger partial charge in [0.15, 0.2) is 0 Å². The van der Waals surface area contributed by atoms with E-state index in [1.807, 2.05) is 0 Å². The van der Waals surface area contributed by atoms with E-state index in [9.17, 15) is 0 Å². The Balaban J connectivity index is 1.79. The predicted molar refractivity (Wildman–Crippen MR) is 79.9 cm³/mol. The molecular formula is C18H21N. The lowest BCUT2D eigenvalue weighted by molar-refractivity contribution is 0.502. The molecule has 19 heavy (non-hydrogen) atoms. The fourth-order valence-corrected chi connectivity index (χ4v) is 4.45. The van der Waals surface area contributed by atoms with Gasteiger partial charge >= 0.3 is 0 Å². The quantitative estimate of drug-likeness (QED) is 0.850. The highest BCUT2D eigenvalue weighted by Gasteiger charge is 2.55. The highest BCUT2D eigenvalue weighted by atomic mass is 14.8. The fraction of sp³-hybridized carbons (Fsp3) is 0.444. The van der Waals surface area contributed by atoms with Crippen LogP contribution in [-0.2, 0) is 0 Å². The molecule has 0 radical (unpaired) electrons. The number of hydrogen-bond acceptors (Lipinski definition) is 1. The van der Waals surface area contributed by atoms with E-state index in [4.69, 9.17) is 5.73 Å². The SMILES string of the molecule is Cc1ccc2ccccc2c1C(N)C1C2CCCC21. The van der Waals surface area contributed by atoms with E-state index < -0.39 is 0 Å². The Morgan fingerprint density at radius 1 is 1.05 bits per heavy atom. The van der Waals surface area contributed by atoms with Gasteiger partial charge in [0.1, 0.15) is 0 Å². The van der Waals surface area contributed by atoms with Crippen molar-refractivity contribution < 1.29 is 0 Å². The molecule has 3 unspecified atom stereocenters. The monoisotopic (exact) mass is 251 g/mol. The van der Waals surface area contributed by atoms with E-state index in [-0.39, 0.29) is 6.04 Å². The first kappa shape index (κ1) is 11.5. The number of benzene rings is 2. The summed E-state index contributed by atoms with van der Waals surface area (Å²) in [7, 11) is 0. The van der Waals surface area contributed by atoms with Gasteiger partial charge in [0, 0.05) is 6.04 Å². The summed E-state index contributed by atoms with van der Waals surface area (Å²) in [6, 6.07) is 13.4. The first-order valence-electron chi connectivity index (χ1n) is 7.51. The van der Waals surface area contributed by atoms with Gasteiger partial charge in [-0.2, -0.15) is 0 Å². The van der Waals surface area contributed by atoms with Gasteiger partial charge < -0.3 is 5.73 Å². The second-order valence-corrected chi connectivity index (χ2v) is 6.38. The summed E-state index contributed by atoms with van der Waals surface area (Å²) in [5, 5.41) is 2.68. The number of rotatable bonds is 2. The third-order valence-corrected chi connectivity index (χ3v) is 5.41. The molecule has 0 spiro atoms. The Morgan fingerprint density at radius 3 is 2.58 bits per heavy atom. The Hall–Kier alpha value is -1.34. The molecule has 2 fully saturated rings. The smallest absolute Gasteiger partial charge is 0.0337 e. The van der Waals surface area contributed by atoms with Crippen LogP contribution in [0.25, 0.3) is 10.8 Å².